The molecule has 0 bridgehead atoms. The predicted octanol–water partition coefficient (Wildman–Crippen LogP) is 1.66. The van der Waals surface area contributed by atoms with Crippen LogP contribution in [0.2, 0.25) is 0 Å². The molecule has 2 rings (SSSR count). The van der Waals surface area contributed by atoms with Crippen LogP contribution >= 0.6 is 12.4 Å². The number of nitrogens with two attached hydrogens (primary N) is 1. The summed E-state index contributed by atoms with van der Waals surface area (Å²) < 4.78 is 0. The molecule has 0 radical (unpaired) electrons. The van der Waals surface area contributed by atoms with Gasteiger partial charge < -0.3 is 20.9 Å². The van der Waals surface area contributed by atoms with Crippen LogP contribution in [-0.4, -0.2) is 66.8 Å². The Labute approximate surface area is 173 Å². The van der Waals surface area contributed by atoms with E-state index < -0.39 is 0 Å². The van der Waals surface area contributed by atoms with Gasteiger partial charge in [-0.05, 0) is 44.4 Å². The maximum absolute atomic E-state index is 13.1. The first-order chi connectivity index (χ1) is 13.0. The lowest BCUT2D eigenvalue weighted by Crippen LogP contribution is -2.49. The number of carbonyl (C=O) groups excluding carboxylic acids is 3. The van der Waals surface area contributed by atoms with Gasteiger partial charge in [-0.2, -0.15) is 0 Å². The van der Waals surface area contributed by atoms with E-state index in [1.807, 2.05) is 11.8 Å². The van der Waals surface area contributed by atoms with E-state index in [0.717, 1.165) is 19.3 Å². The monoisotopic (exact) mass is 410 g/mol. The highest BCUT2D eigenvalue weighted by Gasteiger charge is 2.28. The van der Waals surface area contributed by atoms with Crippen LogP contribution in [0.5, 0.6) is 0 Å². The molecule has 3 amide bonds. The van der Waals surface area contributed by atoms with Crippen molar-refractivity contribution in [3.63, 3.8) is 0 Å². The normalized spacial score (nSPS) is 16.1. The lowest BCUT2D eigenvalue weighted by atomic mass is 10.00. The molecule has 1 aliphatic rings. The minimum Gasteiger partial charge on any atom is -0.354 e. The van der Waals surface area contributed by atoms with E-state index in [1.165, 1.54) is 0 Å². The summed E-state index contributed by atoms with van der Waals surface area (Å²) in [5.41, 5.74) is 6.42. The fourth-order valence-electron chi connectivity index (χ4n) is 3.25. The average Bonchev–Trinajstić information content (AvgIpc) is 2.71. The van der Waals surface area contributed by atoms with Crippen LogP contribution in [0, 0.1) is 0 Å². The zero-order valence-electron chi connectivity index (χ0n) is 16.6. The summed E-state index contributed by atoms with van der Waals surface area (Å²) in [4.78, 5) is 40.6. The Morgan fingerprint density at radius 1 is 1.25 bits per heavy atom. The third-order valence-corrected chi connectivity index (χ3v) is 4.97. The van der Waals surface area contributed by atoms with E-state index in [-0.39, 0.29) is 42.6 Å². The smallest absolute Gasteiger partial charge is 0.254 e. The molecular weight excluding hydrogens is 380 g/mol. The van der Waals surface area contributed by atoms with E-state index in [0.29, 0.717) is 37.3 Å². The summed E-state index contributed by atoms with van der Waals surface area (Å²) in [6, 6.07) is 6.84. The highest BCUT2D eigenvalue weighted by molar-refractivity contribution is 5.99. The molecule has 1 unspecified atom stereocenters. The summed E-state index contributed by atoms with van der Waals surface area (Å²) in [7, 11) is 1.74. The molecular formula is C20H31ClN4O3. The van der Waals surface area contributed by atoms with E-state index >= 15 is 0 Å². The maximum Gasteiger partial charge on any atom is 0.254 e. The molecule has 8 heteroatoms. The Hall–Kier alpha value is -2.12. The summed E-state index contributed by atoms with van der Waals surface area (Å²) in [6.07, 6.45) is 3.11. The van der Waals surface area contributed by atoms with Gasteiger partial charge in [-0.25, -0.2) is 0 Å². The van der Waals surface area contributed by atoms with Gasteiger partial charge in [0.1, 0.15) is 0 Å². The summed E-state index contributed by atoms with van der Waals surface area (Å²) >= 11 is 0. The van der Waals surface area contributed by atoms with Gasteiger partial charge in [-0.1, -0.05) is 6.07 Å². The number of halogens is 1. The van der Waals surface area contributed by atoms with Crippen LogP contribution in [0.4, 0.5) is 0 Å². The molecule has 1 aromatic carbocycles. The van der Waals surface area contributed by atoms with Gasteiger partial charge >= 0.3 is 0 Å². The highest BCUT2D eigenvalue weighted by Crippen LogP contribution is 2.20. The second-order valence-electron chi connectivity index (χ2n) is 6.89. The Kier molecular flexibility index (Phi) is 9.96. The zero-order valence-corrected chi connectivity index (χ0v) is 17.5. The predicted molar refractivity (Wildman–Crippen MR) is 112 cm³/mol. The molecule has 7 nitrogen and oxygen atoms in total. The minimum absolute atomic E-state index is 0. The molecule has 1 heterocycles. The van der Waals surface area contributed by atoms with Gasteiger partial charge in [-0.3, -0.25) is 14.4 Å². The first kappa shape index (κ1) is 23.9. The average molecular weight is 411 g/mol. The van der Waals surface area contributed by atoms with Crippen molar-refractivity contribution in [2.45, 2.75) is 38.6 Å². The van der Waals surface area contributed by atoms with E-state index in [1.54, 1.807) is 36.2 Å². The van der Waals surface area contributed by atoms with Crippen molar-refractivity contribution in [2.75, 3.05) is 33.2 Å². The van der Waals surface area contributed by atoms with E-state index in [9.17, 15) is 14.4 Å². The largest absolute Gasteiger partial charge is 0.354 e. The molecule has 3 N–H and O–H groups in total. The van der Waals surface area contributed by atoms with Crippen LogP contribution in [0.15, 0.2) is 24.3 Å². The molecule has 1 aliphatic heterocycles. The van der Waals surface area contributed by atoms with Crippen LogP contribution in [-0.2, 0) is 4.79 Å². The van der Waals surface area contributed by atoms with Gasteiger partial charge in [0.2, 0.25) is 5.91 Å². The Morgan fingerprint density at radius 2 is 1.96 bits per heavy atom. The number of nitrogens with zero attached hydrogens (tertiary/aromatic N) is 2. The molecule has 0 saturated carbocycles. The Balaban J connectivity index is 0.00000392. The van der Waals surface area contributed by atoms with Gasteiger partial charge in [0.15, 0.2) is 0 Å². The fraction of sp³-hybridized carbons (Fsp3) is 0.550. The third kappa shape index (κ3) is 6.21. The molecule has 0 aliphatic carbocycles. The second-order valence-corrected chi connectivity index (χ2v) is 6.89. The molecule has 0 spiro atoms. The topological polar surface area (TPSA) is 95.7 Å². The van der Waals surface area contributed by atoms with E-state index in [4.69, 9.17) is 5.73 Å². The number of rotatable bonds is 7. The third-order valence-electron chi connectivity index (χ3n) is 4.97. The van der Waals surface area contributed by atoms with Gasteiger partial charge in [-0.15, -0.1) is 12.4 Å². The summed E-state index contributed by atoms with van der Waals surface area (Å²) in [5, 5.41) is 2.87. The van der Waals surface area contributed by atoms with Gasteiger partial charge in [0, 0.05) is 56.8 Å². The number of likely N-dealkylation sites (tertiary alicyclic amines) is 1. The fourth-order valence-corrected chi connectivity index (χ4v) is 3.25. The van der Waals surface area contributed by atoms with Crippen LogP contribution < -0.4 is 11.1 Å². The molecule has 0 aromatic heterocycles. The number of piperidine rings is 1. The van der Waals surface area contributed by atoms with Crippen LogP contribution in [0.1, 0.15) is 53.3 Å². The highest BCUT2D eigenvalue weighted by atomic mass is 35.5. The standard InChI is InChI=1S/C20H30N4O3.ClH/c1-3-23(2)19(26)15-7-6-8-16(13-15)20(27)24-12-5-4-9-17(24)14-22-18(25)10-11-21;/h6-8,13,17H,3-5,9-12,14,21H2,1-2H3,(H,22,25);1H. The zero-order chi connectivity index (χ0) is 19.8. The van der Waals surface area contributed by atoms with Crippen molar-refractivity contribution in [1.29, 1.82) is 0 Å². The minimum atomic E-state index is -0.101. The van der Waals surface area contributed by atoms with Crippen molar-refractivity contribution in [2.24, 2.45) is 5.73 Å². The quantitative estimate of drug-likeness (QED) is 0.714. The molecule has 1 saturated heterocycles. The van der Waals surface area contributed by atoms with Crippen molar-refractivity contribution in [3.8, 4) is 0 Å². The van der Waals surface area contributed by atoms with Gasteiger partial charge in [0.05, 0.1) is 0 Å². The Morgan fingerprint density at radius 3 is 2.64 bits per heavy atom. The van der Waals surface area contributed by atoms with Crippen LogP contribution in [0.3, 0.4) is 0 Å². The van der Waals surface area contributed by atoms with Crippen molar-refractivity contribution in [1.82, 2.24) is 15.1 Å². The van der Waals surface area contributed by atoms with Gasteiger partial charge in [0.25, 0.3) is 11.8 Å². The molecule has 28 heavy (non-hydrogen) atoms. The molecule has 156 valence electrons. The lowest BCUT2D eigenvalue weighted by molar-refractivity contribution is -0.121. The first-order valence-corrected chi connectivity index (χ1v) is 9.61. The van der Waals surface area contributed by atoms with Crippen LogP contribution in [0.25, 0.3) is 0 Å². The Bertz CT molecular complexity index is 683. The number of benzene rings is 1. The molecule has 1 atom stereocenters. The molecule has 1 fully saturated rings. The summed E-state index contributed by atoms with van der Waals surface area (Å²) in [5.74, 6) is -0.288. The number of hydrogen-bond donors (Lipinski definition) is 2. The summed E-state index contributed by atoms with van der Waals surface area (Å²) in [6.45, 7) is 3.91. The number of amides is 3. The number of carbonyl (C=O) groups is 3. The maximum atomic E-state index is 13.1. The van der Waals surface area contributed by atoms with Crippen molar-refractivity contribution in [3.05, 3.63) is 35.4 Å². The number of hydrogen-bond acceptors (Lipinski definition) is 4. The SMILES string of the molecule is CCN(C)C(=O)c1cccc(C(=O)N2CCCCC2CNC(=O)CCN)c1.Cl. The first-order valence-electron chi connectivity index (χ1n) is 9.61. The second kappa shape index (κ2) is 11.7. The van der Waals surface area contributed by atoms with Crippen molar-refractivity contribution >= 4 is 30.1 Å². The molecule has 1 aromatic rings. The number of nitrogens with one attached hydrogen (secondary N) is 1. The lowest BCUT2D eigenvalue weighted by Gasteiger charge is -2.36. The van der Waals surface area contributed by atoms with Crippen molar-refractivity contribution < 1.29 is 14.4 Å². The van der Waals surface area contributed by atoms with E-state index in [2.05, 4.69) is 5.32 Å².